The molecule has 0 amide bonds. The van der Waals surface area contributed by atoms with Gasteiger partial charge in [0, 0.05) is 7.11 Å². The van der Waals surface area contributed by atoms with Crippen molar-refractivity contribution in [3.63, 3.8) is 0 Å². The van der Waals surface area contributed by atoms with E-state index in [2.05, 4.69) is 20.8 Å². The van der Waals surface area contributed by atoms with Crippen molar-refractivity contribution >= 4 is 0 Å². The Morgan fingerprint density at radius 3 is 2.00 bits per heavy atom. The predicted molar refractivity (Wildman–Crippen MR) is 74.5 cm³/mol. The lowest BCUT2D eigenvalue weighted by Crippen LogP contribution is -2.26. The zero-order valence-electron chi connectivity index (χ0n) is 12.4. The molecule has 0 aliphatic carbocycles. The van der Waals surface area contributed by atoms with Crippen LogP contribution in [0.25, 0.3) is 0 Å². The van der Waals surface area contributed by atoms with Gasteiger partial charge in [-0.1, -0.05) is 51.9 Å². The second-order valence-corrected chi connectivity index (χ2v) is 5.47. The smallest absolute Gasteiger partial charge is 0.0707 e. The topological polar surface area (TPSA) is 18.5 Å². The van der Waals surface area contributed by atoms with Crippen molar-refractivity contribution in [3.05, 3.63) is 0 Å². The highest BCUT2D eigenvalue weighted by Gasteiger charge is 2.17. The van der Waals surface area contributed by atoms with Crippen LogP contribution < -0.4 is 0 Å². The van der Waals surface area contributed by atoms with Crippen LogP contribution in [0.4, 0.5) is 0 Å². The van der Waals surface area contributed by atoms with E-state index in [1.807, 2.05) is 0 Å². The van der Waals surface area contributed by atoms with E-state index in [0.29, 0.717) is 13.2 Å². The minimum atomic E-state index is 0.0158. The van der Waals surface area contributed by atoms with Crippen molar-refractivity contribution in [1.29, 1.82) is 0 Å². The summed E-state index contributed by atoms with van der Waals surface area (Å²) in [6.45, 7) is 8.03. The Morgan fingerprint density at radius 2 is 1.41 bits per heavy atom. The minimum Gasteiger partial charge on any atom is -0.382 e. The first-order valence-corrected chi connectivity index (χ1v) is 7.25. The maximum atomic E-state index is 5.79. The Bertz CT molecular complexity index is 155. The van der Waals surface area contributed by atoms with Crippen molar-refractivity contribution in [2.24, 2.45) is 0 Å². The summed E-state index contributed by atoms with van der Waals surface area (Å²) in [5, 5.41) is 0. The summed E-state index contributed by atoms with van der Waals surface area (Å²) in [6.07, 6.45) is 10.7. The van der Waals surface area contributed by atoms with Crippen LogP contribution in [0.3, 0.4) is 0 Å². The molecule has 0 aliphatic rings. The van der Waals surface area contributed by atoms with Gasteiger partial charge >= 0.3 is 0 Å². The van der Waals surface area contributed by atoms with Crippen LogP contribution in [0.5, 0.6) is 0 Å². The third-order valence-electron chi connectivity index (χ3n) is 3.16. The Kier molecular flexibility index (Phi) is 11.0. The molecular weight excluding hydrogens is 212 g/mol. The van der Waals surface area contributed by atoms with Gasteiger partial charge in [0.15, 0.2) is 0 Å². The van der Waals surface area contributed by atoms with E-state index in [4.69, 9.17) is 9.47 Å². The lowest BCUT2D eigenvalue weighted by atomic mass is 9.99. The second-order valence-electron chi connectivity index (χ2n) is 5.47. The number of hydrogen-bond donors (Lipinski definition) is 0. The predicted octanol–water partition coefficient (Wildman–Crippen LogP) is 4.57. The van der Waals surface area contributed by atoms with E-state index in [9.17, 15) is 0 Å². The molecule has 0 aromatic carbocycles. The summed E-state index contributed by atoms with van der Waals surface area (Å²) in [5.74, 6) is 0. The second kappa shape index (κ2) is 11.0. The average Bonchev–Trinajstić information content (AvgIpc) is 2.28. The van der Waals surface area contributed by atoms with Crippen LogP contribution in [-0.2, 0) is 9.47 Å². The third-order valence-corrected chi connectivity index (χ3v) is 3.16. The molecule has 0 rings (SSSR count). The lowest BCUT2D eigenvalue weighted by Gasteiger charge is -2.25. The molecule has 0 aromatic rings. The van der Waals surface area contributed by atoms with Crippen molar-refractivity contribution in [1.82, 2.24) is 0 Å². The van der Waals surface area contributed by atoms with Crippen LogP contribution in [0.2, 0.25) is 0 Å². The van der Waals surface area contributed by atoms with E-state index in [1.54, 1.807) is 7.11 Å². The first-order chi connectivity index (χ1) is 8.12. The first kappa shape index (κ1) is 16.9. The fourth-order valence-corrected chi connectivity index (χ4v) is 1.98. The van der Waals surface area contributed by atoms with Gasteiger partial charge in [-0.25, -0.2) is 0 Å². The molecule has 0 saturated heterocycles. The molecule has 0 atom stereocenters. The zero-order chi connectivity index (χ0) is 13.0. The van der Waals surface area contributed by atoms with Gasteiger partial charge in [-0.2, -0.15) is 0 Å². The number of methoxy groups -OCH3 is 1. The number of hydrogen-bond acceptors (Lipinski definition) is 2. The molecule has 0 N–H and O–H groups in total. The Morgan fingerprint density at radius 1 is 0.824 bits per heavy atom. The normalized spacial score (nSPS) is 12.0. The summed E-state index contributed by atoms with van der Waals surface area (Å²) in [6, 6.07) is 0. The summed E-state index contributed by atoms with van der Waals surface area (Å²) < 4.78 is 10.8. The third kappa shape index (κ3) is 12.2. The molecular formula is C15H32O2. The van der Waals surface area contributed by atoms with Gasteiger partial charge in [0.1, 0.15) is 0 Å². The van der Waals surface area contributed by atoms with E-state index in [0.717, 1.165) is 6.42 Å². The van der Waals surface area contributed by atoms with Crippen LogP contribution in [0.1, 0.15) is 72.1 Å². The SMILES string of the molecule is CCCCCCCCCC(C)(C)OCCOC. The van der Waals surface area contributed by atoms with Gasteiger partial charge in [0.25, 0.3) is 0 Å². The summed E-state index contributed by atoms with van der Waals surface area (Å²) >= 11 is 0. The van der Waals surface area contributed by atoms with Crippen LogP contribution in [-0.4, -0.2) is 25.9 Å². The van der Waals surface area contributed by atoms with Gasteiger partial charge in [0.2, 0.25) is 0 Å². The van der Waals surface area contributed by atoms with Gasteiger partial charge in [0.05, 0.1) is 18.8 Å². The maximum absolute atomic E-state index is 5.79. The first-order valence-electron chi connectivity index (χ1n) is 7.25. The van der Waals surface area contributed by atoms with Crippen LogP contribution in [0, 0.1) is 0 Å². The van der Waals surface area contributed by atoms with Crippen molar-refractivity contribution in [2.45, 2.75) is 77.7 Å². The maximum Gasteiger partial charge on any atom is 0.0707 e. The highest BCUT2D eigenvalue weighted by atomic mass is 16.5. The van der Waals surface area contributed by atoms with E-state index >= 15 is 0 Å². The molecule has 0 fully saturated rings. The quantitative estimate of drug-likeness (QED) is 0.468. The van der Waals surface area contributed by atoms with Gasteiger partial charge in [-0.05, 0) is 20.3 Å². The standard InChI is InChI=1S/C15H32O2/c1-5-6-7-8-9-10-11-12-15(2,3)17-14-13-16-4/h5-14H2,1-4H3. The molecule has 0 saturated carbocycles. The largest absolute Gasteiger partial charge is 0.382 e. The lowest BCUT2D eigenvalue weighted by molar-refractivity contribution is -0.0451. The van der Waals surface area contributed by atoms with E-state index in [-0.39, 0.29) is 5.60 Å². The van der Waals surface area contributed by atoms with E-state index in [1.165, 1.54) is 44.9 Å². The van der Waals surface area contributed by atoms with Crippen LogP contribution >= 0.6 is 0 Å². The highest BCUT2D eigenvalue weighted by Crippen LogP contribution is 2.19. The molecule has 0 radical (unpaired) electrons. The Hall–Kier alpha value is -0.0800. The summed E-state index contributed by atoms with van der Waals surface area (Å²) in [4.78, 5) is 0. The molecule has 17 heavy (non-hydrogen) atoms. The van der Waals surface area contributed by atoms with Crippen molar-refractivity contribution in [3.8, 4) is 0 Å². The van der Waals surface area contributed by atoms with Gasteiger partial charge in [-0.3, -0.25) is 0 Å². The molecule has 0 bridgehead atoms. The Balaban J connectivity index is 3.32. The molecule has 2 nitrogen and oxygen atoms in total. The minimum absolute atomic E-state index is 0.0158. The average molecular weight is 244 g/mol. The number of rotatable bonds is 12. The van der Waals surface area contributed by atoms with Gasteiger partial charge < -0.3 is 9.47 Å². The highest BCUT2D eigenvalue weighted by molar-refractivity contribution is 4.68. The Labute approximate surface area is 108 Å². The molecule has 0 spiro atoms. The monoisotopic (exact) mass is 244 g/mol. The molecule has 2 heteroatoms. The summed E-state index contributed by atoms with van der Waals surface area (Å²) in [5.41, 5.74) is 0.0158. The van der Waals surface area contributed by atoms with Crippen LogP contribution in [0.15, 0.2) is 0 Å². The molecule has 0 aromatic heterocycles. The zero-order valence-corrected chi connectivity index (χ0v) is 12.4. The van der Waals surface area contributed by atoms with Crippen molar-refractivity contribution < 1.29 is 9.47 Å². The molecule has 104 valence electrons. The molecule has 0 unspecified atom stereocenters. The van der Waals surface area contributed by atoms with Gasteiger partial charge in [-0.15, -0.1) is 0 Å². The fraction of sp³-hybridized carbons (Fsp3) is 1.00. The number of unbranched alkanes of at least 4 members (excludes halogenated alkanes) is 6. The summed E-state index contributed by atoms with van der Waals surface area (Å²) in [7, 11) is 1.71. The molecule has 0 aliphatic heterocycles. The number of ether oxygens (including phenoxy) is 2. The van der Waals surface area contributed by atoms with Crippen molar-refractivity contribution in [2.75, 3.05) is 20.3 Å². The fourth-order valence-electron chi connectivity index (χ4n) is 1.98. The molecule has 0 heterocycles. The van der Waals surface area contributed by atoms with E-state index < -0.39 is 0 Å².